The second kappa shape index (κ2) is 13.3. The van der Waals surface area contributed by atoms with E-state index in [2.05, 4.69) is 15.5 Å². The molecule has 1 fully saturated rings. The Balaban J connectivity index is 1.40. The molecule has 0 bridgehead atoms. The van der Waals surface area contributed by atoms with Gasteiger partial charge in [0.25, 0.3) is 0 Å². The number of tetrazole rings is 1. The van der Waals surface area contributed by atoms with Gasteiger partial charge in [0.1, 0.15) is 11.9 Å². The highest BCUT2D eigenvalue weighted by Crippen LogP contribution is 2.34. The summed E-state index contributed by atoms with van der Waals surface area (Å²) in [6, 6.07) is 21.3. The number of ether oxygens (including phenoxy) is 1. The monoisotopic (exact) mass is 611 g/mol. The number of halogens is 1. The largest absolute Gasteiger partial charge is 0.456 e. The number of amides is 1. The lowest BCUT2D eigenvalue weighted by Crippen LogP contribution is -2.51. The van der Waals surface area contributed by atoms with Crippen molar-refractivity contribution < 1.29 is 19.1 Å². The lowest BCUT2D eigenvalue weighted by Gasteiger charge is -2.40. The summed E-state index contributed by atoms with van der Waals surface area (Å²) in [7, 11) is 0. The molecule has 0 unspecified atom stereocenters. The van der Waals surface area contributed by atoms with Crippen LogP contribution in [0.4, 0.5) is 0 Å². The quantitative estimate of drug-likeness (QED) is 0.181. The average molecular weight is 612 g/mol. The summed E-state index contributed by atoms with van der Waals surface area (Å²) in [5.41, 5.74) is 2.90. The van der Waals surface area contributed by atoms with Crippen molar-refractivity contribution in [3.8, 4) is 5.69 Å². The van der Waals surface area contributed by atoms with Crippen LogP contribution in [-0.2, 0) is 20.7 Å². The number of hydrogen-bond acceptors (Lipinski definition) is 7. The molecule has 9 nitrogen and oxygen atoms in total. The molecule has 0 spiro atoms. The molecule has 0 saturated carbocycles. The maximum absolute atomic E-state index is 14.0. The number of nitrogens with zero attached hydrogens (tertiary/aromatic N) is 5. The minimum Gasteiger partial charge on any atom is -0.456 e. The Bertz CT molecular complexity index is 1650. The Labute approximate surface area is 261 Å². The Morgan fingerprint density at radius 2 is 1.77 bits per heavy atom. The Kier molecular flexibility index (Phi) is 9.35. The molecule has 1 aromatic heterocycles. The third kappa shape index (κ3) is 7.47. The third-order valence-corrected chi connectivity index (χ3v) is 7.66. The standard InChI is InChI=1S/C34H34ClN5O4/c1-34(2,3)44-33(43)25-13-11-23(12-14-25)20-30(41)32-28(24-8-5-4-6-9-24)10-7-19-39(32)31(42)18-15-26-21-27(35)16-17-29(26)40-22-36-37-38-40/h4-6,8-9,11-18,21-22,28,32H,7,10,19-20H2,1-3H3/b18-15+/t28-,32-/m0/s1. The summed E-state index contributed by atoms with van der Waals surface area (Å²) in [6.07, 6.45) is 6.28. The molecule has 0 N–H and O–H groups in total. The number of hydrogen-bond donors (Lipinski definition) is 0. The van der Waals surface area contributed by atoms with Crippen LogP contribution >= 0.6 is 11.6 Å². The number of rotatable bonds is 8. The molecule has 1 aliphatic rings. The fourth-order valence-corrected chi connectivity index (χ4v) is 5.67. The molecule has 226 valence electrons. The second-order valence-corrected chi connectivity index (χ2v) is 12.2. The van der Waals surface area contributed by atoms with Crippen molar-refractivity contribution in [3.63, 3.8) is 0 Å². The van der Waals surface area contributed by atoms with Crippen LogP contribution < -0.4 is 0 Å². The number of piperidine rings is 1. The highest BCUT2D eigenvalue weighted by molar-refractivity contribution is 6.30. The van der Waals surface area contributed by atoms with Crippen molar-refractivity contribution in [1.29, 1.82) is 0 Å². The predicted octanol–water partition coefficient (Wildman–Crippen LogP) is 5.87. The van der Waals surface area contributed by atoms with E-state index < -0.39 is 17.6 Å². The van der Waals surface area contributed by atoms with Gasteiger partial charge in [-0.15, -0.1) is 5.10 Å². The molecule has 2 heterocycles. The zero-order valence-electron chi connectivity index (χ0n) is 24.9. The van der Waals surface area contributed by atoms with Gasteiger partial charge in [-0.3, -0.25) is 9.59 Å². The molecule has 0 aliphatic carbocycles. The van der Waals surface area contributed by atoms with Crippen molar-refractivity contribution in [2.75, 3.05) is 6.54 Å². The highest BCUT2D eigenvalue weighted by atomic mass is 35.5. The Morgan fingerprint density at radius 1 is 1.02 bits per heavy atom. The van der Waals surface area contributed by atoms with Crippen LogP contribution in [-0.4, -0.2) is 61.0 Å². The third-order valence-electron chi connectivity index (χ3n) is 7.43. The van der Waals surface area contributed by atoms with Crippen molar-refractivity contribution in [2.24, 2.45) is 0 Å². The molecule has 0 radical (unpaired) electrons. The van der Waals surface area contributed by atoms with Crippen molar-refractivity contribution >= 4 is 35.3 Å². The highest BCUT2D eigenvalue weighted by Gasteiger charge is 2.39. The fourth-order valence-electron chi connectivity index (χ4n) is 5.49. The van der Waals surface area contributed by atoms with Crippen molar-refractivity contribution in [2.45, 2.75) is 57.6 Å². The van der Waals surface area contributed by atoms with Crippen LogP contribution in [0.25, 0.3) is 11.8 Å². The minimum absolute atomic E-state index is 0.0672. The number of esters is 1. The first-order valence-corrected chi connectivity index (χ1v) is 14.9. The minimum atomic E-state index is -0.660. The van der Waals surface area contributed by atoms with Crippen molar-refractivity contribution in [3.05, 3.63) is 112 Å². The first-order valence-electron chi connectivity index (χ1n) is 14.5. The van der Waals surface area contributed by atoms with Gasteiger partial charge in [-0.1, -0.05) is 54.1 Å². The molecule has 1 aliphatic heterocycles. The van der Waals surface area contributed by atoms with Crippen LogP contribution in [0.3, 0.4) is 0 Å². The topological polar surface area (TPSA) is 107 Å². The van der Waals surface area contributed by atoms with Crippen LogP contribution in [0.1, 0.15) is 66.6 Å². The molecule has 3 aromatic carbocycles. The van der Waals surface area contributed by atoms with E-state index in [1.165, 1.54) is 17.1 Å². The number of carbonyl (C=O) groups excluding carboxylic acids is 3. The molecule has 1 amide bonds. The van der Waals surface area contributed by atoms with E-state index in [1.54, 1.807) is 53.4 Å². The molecule has 10 heteroatoms. The Morgan fingerprint density at radius 3 is 2.45 bits per heavy atom. The van der Waals surface area contributed by atoms with E-state index in [-0.39, 0.29) is 24.0 Å². The average Bonchev–Trinajstić information content (AvgIpc) is 3.54. The summed E-state index contributed by atoms with van der Waals surface area (Å²) < 4.78 is 6.95. The SMILES string of the molecule is CC(C)(C)OC(=O)c1ccc(CC(=O)[C@@H]2[C@H](c3ccccc3)CCCN2C(=O)/C=C/c2cc(Cl)ccc2-n2cnnn2)cc1. The van der Waals surface area contributed by atoms with Gasteiger partial charge in [0.15, 0.2) is 5.78 Å². The molecule has 4 aromatic rings. The van der Waals surface area contributed by atoms with Gasteiger partial charge in [-0.05, 0) is 91.6 Å². The normalized spacial score (nSPS) is 17.0. The van der Waals surface area contributed by atoms with Gasteiger partial charge < -0.3 is 9.64 Å². The van der Waals surface area contributed by atoms with E-state index in [9.17, 15) is 14.4 Å². The van der Waals surface area contributed by atoms with Gasteiger partial charge in [0.2, 0.25) is 5.91 Å². The van der Waals surface area contributed by atoms with Gasteiger partial charge in [-0.2, -0.15) is 4.68 Å². The molecule has 44 heavy (non-hydrogen) atoms. The molecular weight excluding hydrogens is 578 g/mol. The van der Waals surface area contributed by atoms with Crippen LogP contribution in [0.15, 0.2) is 85.2 Å². The van der Waals surface area contributed by atoms with Gasteiger partial charge in [0, 0.05) is 35.5 Å². The number of aromatic nitrogens is 4. The summed E-state index contributed by atoms with van der Waals surface area (Å²) in [4.78, 5) is 42.0. The smallest absolute Gasteiger partial charge is 0.338 e. The van der Waals surface area contributed by atoms with Crippen LogP contribution in [0.5, 0.6) is 0 Å². The molecule has 1 saturated heterocycles. The van der Waals surface area contributed by atoms with Crippen molar-refractivity contribution in [1.82, 2.24) is 25.1 Å². The number of Topliss-reactive ketones (excluding diaryl/α,β-unsaturated/α-hetero) is 1. The fraction of sp³-hybridized carbons (Fsp3) is 0.294. The zero-order chi connectivity index (χ0) is 31.3. The van der Waals surface area contributed by atoms with Gasteiger partial charge in [0.05, 0.1) is 17.3 Å². The second-order valence-electron chi connectivity index (χ2n) is 11.8. The van der Waals surface area contributed by atoms with Crippen LogP contribution in [0.2, 0.25) is 5.02 Å². The Hall–Kier alpha value is -4.63. The maximum atomic E-state index is 14.0. The van der Waals surface area contributed by atoms with Crippen LogP contribution in [0, 0.1) is 0 Å². The van der Waals surface area contributed by atoms with E-state index in [0.717, 1.165) is 24.0 Å². The van der Waals surface area contributed by atoms with E-state index in [1.807, 2.05) is 51.1 Å². The van der Waals surface area contributed by atoms with E-state index in [0.29, 0.717) is 28.4 Å². The van der Waals surface area contributed by atoms with Gasteiger partial charge >= 0.3 is 5.97 Å². The summed E-state index contributed by atoms with van der Waals surface area (Å²) >= 11 is 6.27. The molecule has 2 atom stereocenters. The maximum Gasteiger partial charge on any atom is 0.338 e. The number of likely N-dealkylation sites (tertiary alicyclic amines) is 1. The summed E-state index contributed by atoms with van der Waals surface area (Å²) in [5.74, 6) is -0.911. The number of ketones is 1. The predicted molar refractivity (Wildman–Crippen MR) is 167 cm³/mol. The molecular formula is C34H34ClN5O4. The lowest BCUT2D eigenvalue weighted by atomic mass is 9.80. The summed E-state index contributed by atoms with van der Waals surface area (Å²) in [5, 5.41) is 11.9. The summed E-state index contributed by atoms with van der Waals surface area (Å²) in [6.45, 7) is 5.90. The van der Waals surface area contributed by atoms with E-state index in [4.69, 9.17) is 16.3 Å². The molecule has 5 rings (SSSR count). The first-order chi connectivity index (χ1) is 21.1. The number of benzene rings is 3. The lowest BCUT2D eigenvalue weighted by molar-refractivity contribution is -0.138. The zero-order valence-corrected chi connectivity index (χ0v) is 25.6. The number of carbonyl (C=O) groups is 3. The van der Waals surface area contributed by atoms with Gasteiger partial charge in [-0.25, -0.2) is 4.79 Å². The first kappa shape index (κ1) is 30.8. The van der Waals surface area contributed by atoms with E-state index >= 15 is 0 Å².